The first-order valence-corrected chi connectivity index (χ1v) is 7.62. The fourth-order valence-electron chi connectivity index (χ4n) is 1.71. The number of hydrogen-bond acceptors (Lipinski definition) is 3. The van der Waals surface area contributed by atoms with Crippen LogP contribution in [0.25, 0.3) is 11.8 Å². The minimum Gasteiger partial charge on any atom is -0.270 e. The maximum atomic E-state index is 6.30. The lowest BCUT2D eigenvalue weighted by atomic mass is 10.1. The van der Waals surface area contributed by atoms with Crippen molar-refractivity contribution >= 4 is 35.0 Å². The summed E-state index contributed by atoms with van der Waals surface area (Å²) in [7, 11) is 0. The second kappa shape index (κ2) is 7.14. The third-order valence-electron chi connectivity index (χ3n) is 2.68. The van der Waals surface area contributed by atoms with Crippen molar-refractivity contribution < 1.29 is 4.84 Å². The van der Waals surface area contributed by atoms with Gasteiger partial charge in [-0.05, 0) is 56.7 Å². The Morgan fingerprint density at radius 3 is 2.59 bits per heavy atom. The molecular formula is C17H18Cl2N2O. The van der Waals surface area contributed by atoms with Crippen LogP contribution in [0.5, 0.6) is 0 Å². The summed E-state index contributed by atoms with van der Waals surface area (Å²) in [4.78, 5) is 9.78. The molecule has 5 heteroatoms. The molecule has 1 heterocycles. The van der Waals surface area contributed by atoms with Gasteiger partial charge >= 0.3 is 0 Å². The van der Waals surface area contributed by atoms with Gasteiger partial charge in [-0.3, -0.25) is 15.3 Å². The van der Waals surface area contributed by atoms with Crippen molar-refractivity contribution in [3.05, 3.63) is 63.9 Å². The number of halogens is 2. The highest BCUT2D eigenvalue weighted by Gasteiger charge is 2.14. The summed E-state index contributed by atoms with van der Waals surface area (Å²) >= 11 is 12.3. The Morgan fingerprint density at radius 1 is 1.23 bits per heavy atom. The fraction of sp³-hybridized carbons (Fsp3) is 0.235. The SMILES string of the molecule is CC(C)(C)ONC(=Cc1cccnc1)c1ccc(Cl)cc1Cl. The van der Waals surface area contributed by atoms with E-state index >= 15 is 0 Å². The van der Waals surface area contributed by atoms with Crippen molar-refractivity contribution in [1.29, 1.82) is 0 Å². The van der Waals surface area contributed by atoms with E-state index in [-0.39, 0.29) is 5.60 Å². The Labute approximate surface area is 140 Å². The van der Waals surface area contributed by atoms with E-state index in [0.717, 1.165) is 16.8 Å². The van der Waals surface area contributed by atoms with Gasteiger partial charge in [-0.1, -0.05) is 29.3 Å². The third-order valence-corrected chi connectivity index (χ3v) is 3.23. The number of nitrogens with zero attached hydrogens (tertiary/aromatic N) is 1. The smallest absolute Gasteiger partial charge is 0.0876 e. The first kappa shape index (κ1) is 16.8. The molecule has 1 N–H and O–H groups in total. The molecular weight excluding hydrogens is 319 g/mol. The number of pyridine rings is 1. The van der Waals surface area contributed by atoms with Gasteiger partial charge in [-0.25, -0.2) is 0 Å². The molecule has 0 aliphatic carbocycles. The molecule has 1 aromatic heterocycles. The first-order chi connectivity index (χ1) is 10.3. The van der Waals surface area contributed by atoms with Crippen molar-refractivity contribution in [3.63, 3.8) is 0 Å². The summed E-state index contributed by atoms with van der Waals surface area (Å²) in [5.74, 6) is 0. The molecule has 0 amide bonds. The molecule has 2 aromatic rings. The second-order valence-corrected chi connectivity index (χ2v) is 6.63. The minimum absolute atomic E-state index is 0.340. The number of aromatic nitrogens is 1. The predicted octanol–water partition coefficient (Wildman–Crippen LogP) is 5.21. The van der Waals surface area contributed by atoms with Crippen LogP contribution in [0.4, 0.5) is 0 Å². The molecule has 0 saturated heterocycles. The number of rotatable bonds is 4. The van der Waals surface area contributed by atoms with Crippen LogP contribution >= 0.6 is 23.2 Å². The summed E-state index contributed by atoms with van der Waals surface area (Å²) in [6.07, 6.45) is 5.42. The van der Waals surface area contributed by atoms with E-state index in [2.05, 4.69) is 10.5 Å². The topological polar surface area (TPSA) is 34.1 Å². The quantitative estimate of drug-likeness (QED) is 0.778. The van der Waals surface area contributed by atoms with Gasteiger partial charge in [0.25, 0.3) is 0 Å². The maximum absolute atomic E-state index is 6.30. The zero-order valence-electron chi connectivity index (χ0n) is 12.7. The molecule has 22 heavy (non-hydrogen) atoms. The number of hydroxylamine groups is 1. The van der Waals surface area contributed by atoms with Crippen LogP contribution in [0.2, 0.25) is 10.0 Å². The molecule has 0 aliphatic rings. The van der Waals surface area contributed by atoms with E-state index in [1.165, 1.54) is 0 Å². The maximum Gasteiger partial charge on any atom is 0.0876 e. The van der Waals surface area contributed by atoms with E-state index in [0.29, 0.717) is 10.0 Å². The number of nitrogens with one attached hydrogen (secondary N) is 1. The third kappa shape index (κ3) is 5.02. The van der Waals surface area contributed by atoms with E-state index in [1.807, 2.05) is 45.0 Å². The Kier molecular flexibility index (Phi) is 5.46. The van der Waals surface area contributed by atoms with Gasteiger partial charge in [0.05, 0.1) is 16.3 Å². The normalized spacial score (nSPS) is 12.3. The summed E-state index contributed by atoms with van der Waals surface area (Å²) in [5, 5.41) is 1.14. The zero-order valence-corrected chi connectivity index (χ0v) is 14.2. The summed E-state index contributed by atoms with van der Waals surface area (Å²) in [6, 6.07) is 9.17. The van der Waals surface area contributed by atoms with E-state index in [1.54, 1.807) is 24.5 Å². The van der Waals surface area contributed by atoms with Crippen LogP contribution in [-0.2, 0) is 4.84 Å². The average molecular weight is 337 g/mol. The summed E-state index contributed by atoms with van der Waals surface area (Å²) in [5.41, 5.74) is 5.13. The van der Waals surface area contributed by atoms with Gasteiger partial charge in [0, 0.05) is 23.0 Å². The molecule has 0 fully saturated rings. The molecule has 0 saturated carbocycles. The largest absolute Gasteiger partial charge is 0.270 e. The van der Waals surface area contributed by atoms with Gasteiger partial charge in [0.2, 0.25) is 0 Å². The van der Waals surface area contributed by atoms with Gasteiger partial charge in [0.1, 0.15) is 0 Å². The second-order valence-electron chi connectivity index (χ2n) is 5.79. The fourth-order valence-corrected chi connectivity index (χ4v) is 2.22. The molecule has 0 aliphatic heterocycles. The van der Waals surface area contributed by atoms with Crippen LogP contribution in [0.3, 0.4) is 0 Å². The van der Waals surface area contributed by atoms with Crippen molar-refractivity contribution in [3.8, 4) is 0 Å². The molecule has 0 bridgehead atoms. The highest BCUT2D eigenvalue weighted by molar-refractivity contribution is 6.35. The van der Waals surface area contributed by atoms with E-state index in [9.17, 15) is 0 Å². The van der Waals surface area contributed by atoms with Crippen molar-refractivity contribution in [1.82, 2.24) is 10.5 Å². The van der Waals surface area contributed by atoms with Gasteiger partial charge in [-0.2, -0.15) is 0 Å². The molecule has 0 spiro atoms. The standard InChI is InChI=1S/C17H18Cl2N2O/c1-17(2,3)22-21-16(9-12-5-4-8-20-11-12)14-7-6-13(18)10-15(14)19/h4-11,21H,1-3H3. The van der Waals surface area contributed by atoms with Crippen LogP contribution < -0.4 is 5.48 Å². The number of hydrogen-bond donors (Lipinski definition) is 1. The molecule has 2 rings (SSSR count). The summed E-state index contributed by atoms with van der Waals surface area (Å²) in [6.45, 7) is 5.89. The Bertz CT molecular complexity index is 664. The Balaban J connectivity index is 2.39. The lowest BCUT2D eigenvalue weighted by Crippen LogP contribution is -2.28. The average Bonchev–Trinajstić information content (AvgIpc) is 2.44. The van der Waals surface area contributed by atoms with Crippen LogP contribution in [-0.4, -0.2) is 10.6 Å². The van der Waals surface area contributed by atoms with Crippen molar-refractivity contribution in [2.75, 3.05) is 0 Å². The van der Waals surface area contributed by atoms with Gasteiger partial charge in [-0.15, -0.1) is 0 Å². The Hall–Kier alpha value is -1.55. The van der Waals surface area contributed by atoms with E-state index < -0.39 is 0 Å². The molecule has 0 unspecified atom stereocenters. The monoisotopic (exact) mass is 336 g/mol. The molecule has 0 radical (unpaired) electrons. The van der Waals surface area contributed by atoms with Crippen LogP contribution in [0.1, 0.15) is 31.9 Å². The molecule has 3 nitrogen and oxygen atoms in total. The van der Waals surface area contributed by atoms with Crippen LogP contribution in [0.15, 0.2) is 42.7 Å². The zero-order chi connectivity index (χ0) is 16.2. The lowest BCUT2D eigenvalue weighted by molar-refractivity contribution is -0.0468. The lowest BCUT2D eigenvalue weighted by Gasteiger charge is -2.22. The van der Waals surface area contributed by atoms with Crippen molar-refractivity contribution in [2.45, 2.75) is 26.4 Å². The Morgan fingerprint density at radius 2 is 2.00 bits per heavy atom. The minimum atomic E-state index is -0.340. The highest BCUT2D eigenvalue weighted by Crippen LogP contribution is 2.27. The summed E-state index contributed by atoms with van der Waals surface area (Å²) < 4.78 is 0. The van der Waals surface area contributed by atoms with E-state index in [4.69, 9.17) is 28.0 Å². The van der Waals surface area contributed by atoms with Gasteiger partial charge in [0.15, 0.2) is 0 Å². The first-order valence-electron chi connectivity index (χ1n) is 6.86. The number of benzene rings is 1. The highest BCUT2D eigenvalue weighted by atomic mass is 35.5. The van der Waals surface area contributed by atoms with Crippen LogP contribution in [0, 0.1) is 0 Å². The predicted molar refractivity (Wildman–Crippen MR) is 92.5 cm³/mol. The molecule has 0 atom stereocenters. The van der Waals surface area contributed by atoms with Gasteiger partial charge < -0.3 is 0 Å². The molecule has 116 valence electrons. The van der Waals surface area contributed by atoms with Crippen molar-refractivity contribution in [2.24, 2.45) is 0 Å². The molecule has 1 aromatic carbocycles.